The van der Waals surface area contributed by atoms with Gasteiger partial charge in [0.15, 0.2) is 0 Å². The van der Waals surface area contributed by atoms with E-state index in [1.165, 1.54) is 70.6 Å². The fraction of sp³-hybridized carbons (Fsp3) is 0.846. The molecule has 0 saturated carbocycles. The van der Waals surface area contributed by atoms with Crippen LogP contribution in [0.15, 0.2) is 12.2 Å². The summed E-state index contributed by atoms with van der Waals surface area (Å²) >= 11 is 0. The zero-order valence-corrected chi connectivity index (χ0v) is 20.0. The number of Topliss-reactive ketones (excluding diaryl/α,β-unsaturated/α-hetero) is 1. The number of hydrogen-bond donors (Lipinski definition) is 1. The molecule has 3 nitrogen and oxygen atoms in total. The highest BCUT2D eigenvalue weighted by atomic mass is 16.4. The molecule has 0 aromatic heterocycles. The van der Waals surface area contributed by atoms with Crippen LogP contribution in [0.1, 0.15) is 125 Å². The molecule has 0 bridgehead atoms. The quantitative estimate of drug-likeness (QED) is 0.134. The van der Waals surface area contributed by atoms with Crippen LogP contribution in [-0.2, 0) is 9.59 Å². The normalized spacial score (nSPS) is 14.2. The van der Waals surface area contributed by atoms with Gasteiger partial charge in [-0.05, 0) is 37.5 Å². The van der Waals surface area contributed by atoms with Crippen molar-refractivity contribution in [2.45, 2.75) is 125 Å². The van der Waals surface area contributed by atoms with E-state index in [9.17, 15) is 9.59 Å². The molecule has 0 fully saturated rings. The van der Waals surface area contributed by atoms with Gasteiger partial charge in [0.2, 0.25) is 5.78 Å². The first-order valence-electron chi connectivity index (χ1n) is 12.2. The molecule has 0 rings (SSSR count). The second-order valence-electron chi connectivity index (χ2n) is 9.53. The fourth-order valence-electron chi connectivity index (χ4n) is 3.92. The van der Waals surface area contributed by atoms with Crippen molar-refractivity contribution in [2.24, 2.45) is 17.3 Å². The Morgan fingerprint density at radius 1 is 0.862 bits per heavy atom. The van der Waals surface area contributed by atoms with Crippen molar-refractivity contribution in [2.75, 3.05) is 0 Å². The molecule has 0 aliphatic carbocycles. The lowest BCUT2D eigenvalue weighted by atomic mass is 9.77. The minimum absolute atomic E-state index is 0.428. The Kier molecular flexibility index (Phi) is 16.0. The van der Waals surface area contributed by atoms with Crippen molar-refractivity contribution in [1.82, 2.24) is 0 Å². The molecule has 0 heterocycles. The minimum atomic E-state index is -1.31. The zero-order chi connectivity index (χ0) is 22.1. The lowest BCUT2D eigenvalue weighted by Crippen LogP contribution is -2.31. The molecule has 3 heteroatoms. The summed E-state index contributed by atoms with van der Waals surface area (Å²) < 4.78 is 0. The fourth-order valence-corrected chi connectivity index (χ4v) is 3.92. The second kappa shape index (κ2) is 16.7. The maximum Gasteiger partial charge on any atom is 0.372 e. The molecule has 170 valence electrons. The van der Waals surface area contributed by atoms with Gasteiger partial charge in [0.25, 0.3) is 0 Å². The first-order valence-corrected chi connectivity index (χ1v) is 12.2. The third-order valence-electron chi connectivity index (χ3n) is 6.26. The average Bonchev–Trinajstić information content (AvgIpc) is 2.68. The maximum atomic E-state index is 12.0. The number of carboxylic acid groups (broad SMARTS) is 1. The van der Waals surface area contributed by atoms with E-state index in [1.54, 1.807) is 13.8 Å². The highest BCUT2D eigenvalue weighted by Crippen LogP contribution is 2.31. The highest BCUT2D eigenvalue weighted by molar-refractivity contribution is 6.34. The van der Waals surface area contributed by atoms with Crippen LogP contribution in [0.3, 0.4) is 0 Å². The minimum Gasteiger partial charge on any atom is -0.475 e. The van der Waals surface area contributed by atoms with E-state index in [1.807, 2.05) is 0 Å². The van der Waals surface area contributed by atoms with Crippen molar-refractivity contribution < 1.29 is 14.7 Å². The average molecular weight is 409 g/mol. The van der Waals surface area contributed by atoms with E-state index < -0.39 is 17.2 Å². The SMILES string of the molecule is CCCCCC/C=C/C(CCC(C)(C)C(=O)C(=O)O)C(C)CCCCCCCC. The Morgan fingerprint density at radius 2 is 1.41 bits per heavy atom. The predicted molar refractivity (Wildman–Crippen MR) is 124 cm³/mol. The number of aliphatic carboxylic acids is 1. The van der Waals surface area contributed by atoms with E-state index >= 15 is 0 Å². The van der Waals surface area contributed by atoms with Gasteiger partial charge in [-0.2, -0.15) is 0 Å². The molecule has 1 N–H and O–H groups in total. The van der Waals surface area contributed by atoms with Crippen molar-refractivity contribution in [1.29, 1.82) is 0 Å². The van der Waals surface area contributed by atoms with Gasteiger partial charge in [-0.15, -0.1) is 0 Å². The lowest BCUT2D eigenvalue weighted by Gasteiger charge is -2.26. The second-order valence-corrected chi connectivity index (χ2v) is 9.53. The zero-order valence-electron chi connectivity index (χ0n) is 20.0. The van der Waals surface area contributed by atoms with E-state index in [0.717, 1.165) is 12.8 Å². The van der Waals surface area contributed by atoms with Gasteiger partial charge in [0.05, 0.1) is 0 Å². The van der Waals surface area contributed by atoms with Crippen LogP contribution in [0.2, 0.25) is 0 Å². The molecule has 0 amide bonds. The number of hydrogen-bond acceptors (Lipinski definition) is 2. The molecular formula is C26H48O3. The van der Waals surface area contributed by atoms with Gasteiger partial charge in [-0.3, -0.25) is 4.79 Å². The van der Waals surface area contributed by atoms with Gasteiger partial charge in [0.1, 0.15) is 0 Å². The van der Waals surface area contributed by atoms with Crippen LogP contribution in [0.4, 0.5) is 0 Å². The summed E-state index contributed by atoms with van der Waals surface area (Å²) in [5, 5.41) is 9.08. The first kappa shape index (κ1) is 27.9. The summed E-state index contributed by atoms with van der Waals surface area (Å²) in [5.74, 6) is -0.969. The molecule has 0 saturated heterocycles. The Balaban J connectivity index is 4.67. The first-order chi connectivity index (χ1) is 13.8. The van der Waals surface area contributed by atoms with Gasteiger partial charge in [-0.25, -0.2) is 4.79 Å². The molecule has 0 aliphatic heterocycles. The molecule has 29 heavy (non-hydrogen) atoms. The van der Waals surface area contributed by atoms with Crippen molar-refractivity contribution >= 4 is 11.8 Å². The van der Waals surface area contributed by atoms with Crippen molar-refractivity contribution in [3.8, 4) is 0 Å². The van der Waals surface area contributed by atoms with E-state index in [0.29, 0.717) is 18.3 Å². The number of carbonyl (C=O) groups excluding carboxylic acids is 1. The van der Waals surface area contributed by atoms with E-state index in [2.05, 4.69) is 32.9 Å². The molecule has 0 spiro atoms. The van der Waals surface area contributed by atoms with Crippen LogP contribution in [-0.4, -0.2) is 16.9 Å². The molecule has 2 atom stereocenters. The van der Waals surface area contributed by atoms with Crippen LogP contribution < -0.4 is 0 Å². The maximum absolute atomic E-state index is 12.0. The summed E-state index contributed by atoms with van der Waals surface area (Å²) in [5.41, 5.74) is -0.793. The van der Waals surface area contributed by atoms with E-state index in [-0.39, 0.29) is 0 Å². The van der Waals surface area contributed by atoms with Gasteiger partial charge in [0, 0.05) is 5.41 Å². The number of allylic oxidation sites excluding steroid dienone is 2. The summed E-state index contributed by atoms with van der Waals surface area (Å²) in [6.45, 7) is 10.3. The highest BCUT2D eigenvalue weighted by Gasteiger charge is 2.33. The van der Waals surface area contributed by atoms with Gasteiger partial charge < -0.3 is 5.11 Å². The topological polar surface area (TPSA) is 54.4 Å². The lowest BCUT2D eigenvalue weighted by molar-refractivity contribution is -0.153. The summed E-state index contributed by atoms with van der Waals surface area (Å²) in [6.07, 6.45) is 21.5. The Labute approximate surface area is 180 Å². The van der Waals surface area contributed by atoms with Crippen molar-refractivity contribution in [3.05, 3.63) is 12.2 Å². The molecule has 2 unspecified atom stereocenters. The number of rotatable bonds is 19. The smallest absolute Gasteiger partial charge is 0.372 e. The van der Waals surface area contributed by atoms with Gasteiger partial charge >= 0.3 is 5.97 Å². The number of carboxylic acids is 1. The summed E-state index contributed by atoms with van der Waals surface area (Å²) in [6, 6.07) is 0. The number of unbranched alkanes of at least 4 members (excludes halogenated alkanes) is 9. The van der Waals surface area contributed by atoms with E-state index in [4.69, 9.17) is 5.11 Å². The summed E-state index contributed by atoms with van der Waals surface area (Å²) in [7, 11) is 0. The third-order valence-corrected chi connectivity index (χ3v) is 6.26. The Hall–Kier alpha value is -1.12. The van der Waals surface area contributed by atoms with Crippen LogP contribution in [0.25, 0.3) is 0 Å². The van der Waals surface area contributed by atoms with Crippen LogP contribution >= 0.6 is 0 Å². The Morgan fingerprint density at radius 3 is 2.00 bits per heavy atom. The number of carbonyl (C=O) groups is 2. The molecule has 0 radical (unpaired) electrons. The molecule has 0 aromatic carbocycles. The summed E-state index contributed by atoms with van der Waals surface area (Å²) in [4.78, 5) is 23.1. The monoisotopic (exact) mass is 408 g/mol. The van der Waals surface area contributed by atoms with Crippen LogP contribution in [0, 0.1) is 17.3 Å². The van der Waals surface area contributed by atoms with Gasteiger partial charge in [-0.1, -0.05) is 111 Å². The molecule has 0 aliphatic rings. The number of ketones is 1. The van der Waals surface area contributed by atoms with Crippen molar-refractivity contribution in [3.63, 3.8) is 0 Å². The largest absolute Gasteiger partial charge is 0.475 e. The Bertz CT molecular complexity index is 465. The molecular weight excluding hydrogens is 360 g/mol. The standard InChI is InChI=1S/C26H48O3/c1-6-8-10-12-14-16-18-22(3)23(19-17-15-13-11-9-7-2)20-21-26(4,5)24(27)25(28)29/h17,19,22-23H,6-16,18,20-21H2,1-5H3,(H,28,29)/b19-17+. The molecule has 0 aromatic rings. The third kappa shape index (κ3) is 13.7. The van der Waals surface area contributed by atoms with Crippen LogP contribution in [0.5, 0.6) is 0 Å². The predicted octanol–water partition coefficient (Wildman–Crippen LogP) is 7.98.